The second kappa shape index (κ2) is 32.8. The normalized spacial score (nSPS) is 23.5. The van der Waals surface area contributed by atoms with Crippen LogP contribution in [-0.4, -0.2) is 177 Å². The molecule has 0 saturated carbocycles. The van der Waals surface area contributed by atoms with E-state index in [0.717, 1.165) is 16.0 Å². The van der Waals surface area contributed by atoms with Crippen LogP contribution in [0, 0.1) is 11.8 Å². The summed E-state index contributed by atoms with van der Waals surface area (Å²) in [5, 5.41) is 25.3. The molecule has 90 heavy (non-hydrogen) atoms. The molecule has 10 amide bonds. The highest BCUT2D eigenvalue weighted by Gasteiger charge is 2.64. The predicted octanol–water partition coefficient (Wildman–Crippen LogP) is 5.59. The van der Waals surface area contributed by atoms with Crippen molar-refractivity contribution in [2.45, 2.75) is 180 Å². The number of rotatable bonds is 25. The summed E-state index contributed by atoms with van der Waals surface area (Å²) in [5.74, 6) is -5.23. The quantitative estimate of drug-likeness (QED) is 0.0362. The van der Waals surface area contributed by atoms with Crippen molar-refractivity contribution in [2.24, 2.45) is 17.6 Å². The third-order valence-electron chi connectivity index (χ3n) is 16.5. The van der Waals surface area contributed by atoms with Crippen molar-refractivity contribution in [1.29, 1.82) is 0 Å². The molecule has 4 bridgehead atoms. The fourth-order valence-electron chi connectivity index (χ4n) is 10.9. The Bertz CT molecular complexity index is 3020. The van der Waals surface area contributed by atoms with Crippen molar-refractivity contribution in [3.8, 4) is 11.5 Å². The number of benzene rings is 2. The van der Waals surface area contributed by atoms with Gasteiger partial charge in [-0.15, -0.1) is 0 Å². The molecule has 496 valence electrons. The Morgan fingerprint density at radius 1 is 0.933 bits per heavy atom. The van der Waals surface area contributed by atoms with Gasteiger partial charge in [0.25, 0.3) is 5.91 Å². The minimum Gasteiger partial charge on any atom is -0.495 e. The molecule has 8 N–H and O–H groups in total. The first-order valence-corrected chi connectivity index (χ1v) is 30.7. The van der Waals surface area contributed by atoms with E-state index < -0.39 is 120 Å². The summed E-state index contributed by atoms with van der Waals surface area (Å²) >= 11 is 6.86. The molecule has 5 rings (SSSR count). The molecular formula is C63H90ClN9O17. The number of amides is 10. The van der Waals surface area contributed by atoms with Gasteiger partial charge in [0, 0.05) is 71.5 Å². The van der Waals surface area contributed by atoms with E-state index in [2.05, 4.69) is 26.6 Å². The summed E-state index contributed by atoms with van der Waals surface area (Å²) in [6.07, 6.45) is 2.00. The summed E-state index contributed by atoms with van der Waals surface area (Å²) in [4.78, 5) is 137. The first kappa shape index (κ1) is 72.9. The van der Waals surface area contributed by atoms with E-state index in [1.807, 2.05) is 13.0 Å². The maximum atomic E-state index is 14.5. The molecular weight excluding hydrogens is 1190 g/mol. The second-order valence-corrected chi connectivity index (χ2v) is 23.8. The van der Waals surface area contributed by atoms with Gasteiger partial charge in [-0.25, -0.2) is 14.4 Å². The number of allylic oxidation sites excluding steroid dienone is 3. The van der Waals surface area contributed by atoms with Gasteiger partial charge in [-0.2, -0.15) is 0 Å². The molecule has 0 aliphatic carbocycles. The first-order chi connectivity index (χ1) is 42.5. The van der Waals surface area contributed by atoms with Crippen molar-refractivity contribution >= 4 is 82.4 Å². The van der Waals surface area contributed by atoms with Crippen LogP contribution in [0.2, 0.25) is 5.02 Å². The highest BCUT2D eigenvalue weighted by molar-refractivity contribution is 6.35. The topological polar surface area (TPSA) is 345 Å². The number of imide groups is 1. The smallest absolute Gasteiger partial charge is 0.409 e. The largest absolute Gasteiger partial charge is 0.495 e. The van der Waals surface area contributed by atoms with Crippen molar-refractivity contribution in [3.63, 3.8) is 0 Å². The number of unbranched alkanes of at least 4 members (excludes halogenated alkanes) is 2. The van der Waals surface area contributed by atoms with Crippen LogP contribution in [0.5, 0.6) is 11.5 Å². The van der Waals surface area contributed by atoms with Gasteiger partial charge >= 0.3 is 18.1 Å². The fourth-order valence-corrected chi connectivity index (χ4v) is 11.2. The maximum Gasteiger partial charge on any atom is 0.409 e. The fraction of sp³-hybridized carbons (Fsp3) is 0.587. The van der Waals surface area contributed by atoms with Crippen molar-refractivity contribution in [3.05, 3.63) is 70.3 Å². The Labute approximate surface area is 530 Å². The Hall–Kier alpha value is -7.81. The molecule has 3 heterocycles. The van der Waals surface area contributed by atoms with E-state index in [1.54, 1.807) is 65.8 Å². The minimum absolute atomic E-state index is 0.00348. The van der Waals surface area contributed by atoms with E-state index in [4.69, 9.17) is 45.8 Å². The number of anilines is 2. The number of ether oxygens (including phenoxy) is 6. The average Bonchev–Trinajstić information content (AvgIpc) is 1.57. The van der Waals surface area contributed by atoms with E-state index >= 15 is 0 Å². The van der Waals surface area contributed by atoms with Gasteiger partial charge in [-0.05, 0) is 94.7 Å². The zero-order valence-electron chi connectivity index (χ0n) is 53.8. The van der Waals surface area contributed by atoms with E-state index in [0.29, 0.717) is 37.1 Å². The number of epoxide rings is 1. The number of methoxy groups -OCH3 is 3. The molecule has 27 heteroatoms. The molecule has 2 fully saturated rings. The molecule has 3 aliphatic rings. The van der Waals surface area contributed by atoms with Crippen LogP contribution in [-0.2, 0) is 58.9 Å². The van der Waals surface area contributed by atoms with Crippen molar-refractivity contribution in [2.75, 3.05) is 58.7 Å². The highest BCUT2D eigenvalue weighted by atomic mass is 35.5. The van der Waals surface area contributed by atoms with Crippen LogP contribution in [0.15, 0.2) is 54.1 Å². The number of primary amides is 1. The number of nitrogens with two attached hydrogens (primary N) is 1. The lowest BCUT2D eigenvalue weighted by atomic mass is 9.83. The summed E-state index contributed by atoms with van der Waals surface area (Å²) in [5.41, 5.74) is 3.97. The third kappa shape index (κ3) is 18.9. The summed E-state index contributed by atoms with van der Waals surface area (Å²) in [7, 11) is 7.04. The Kier molecular flexibility index (Phi) is 26.6. The van der Waals surface area contributed by atoms with Crippen molar-refractivity contribution < 1.29 is 81.5 Å². The van der Waals surface area contributed by atoms with Crippen LogP contribution in [0.1, 0.15) is 136 Å². The Morgan fingerprint density at radius 2 is 1.61 bits per heavy atom. The number of carbonyl (C=O) groups is 10. The molecule has 3 aliphatic heterocycles. The number of nitrogens with one attached hydrogen (secondary N) is 5. The van der Waals surface area contributed by atoms with Gasteiger partial charge in [0.2, 0.25) is 35.4 Å². The van der Waals surface area contributed by atoms with Crippen LogP contribution in [0.4, 0.5) is 21.0 Å². The molecule has 10 atom stereocenters. The number of likely N-dealkylation sites (N-methyl/N-ethyl adjacent to an activating group) is 1. The molecule has 0 unspecified atom stereocenters. The Morgan fingerprint density at radius 3 is 2.23 bits per heavy atom. The highest BCUT2D eigenvalue weighted by Crippen LogP contribution is 2.49. The molecule has 26 nitrogen and oxygen atoms in total. The molecule has 0 aromatic heterocycles. The lowest BCUT2D eigenvalue weighted by Crippen LogP contribution is -2.63. The number of esters is 1. The average molecular weight is 1280 g/mol. The van der Waals surface area contributed by atoms with Gasteiger partial charge in [-0.1, -0.05) is 76.4 Å². The zero-order chi connectivity index (χ0) is 66.9. The summed E-state index contributed by atoms with van der Waals surface area (Å²) < 4.78 is 35.2. The predicted molar refractivity (Wildman–Crippen MR) is 333 cm³/mol. The number of carbonyl (C=O) groups excluding carboxylic acids is 10. The molecule has 0 spiro atoms. The van der Waals surface area contributed by atoms with Gasteiger partial charge in [-0.3, -0.25) is 43.8 Å². The number of alkyl carbamates (subject to hydrolysis) is 1. The van der Waals surface area contributed by atoms with Gasteiger partial charge in [0.05, 0.1) is 38.1 Å². The number of urea groups is 1. The number of nitrogens with zero attached hydrogens (tertiary/aromatic N) is 3. The number of fused-ring (bicyclic) bond motifs is 5. The van der Waals surface area contributed by atoms with Gasteiger partial charge in [0.1, 0.15) is 58.6 Å². The molecule has 2 saturated heterocycles. The number of hydrogen-bond donors (Lipinski definition) is 7. The minimum atomic E-state index is -1.93. The van der Waals surface area contributed by atoms with Crippen LogP contribution in [0.25, 0.3) is 0 Å². The van der Waals surface area contributed by atoms with Crippen LogP contribution in [0.3, 0.4) is 0 Å². The van der Waals surface area contributed by atoms with Crippen LogP contribution >= 0.6 is 11.6 Å². The molecule has 2 aromatic carbocycles. The second-order valence-electron chi connectivity index (χ2n) is 23.5. The standard InChI is InChI=1S/C63H90ClN9O17/c1-14-50(75)73(51(76)15-2)28-18-16-17-24-49(74)69-54(35(3)4)57(79)68-42(22-20-27-66-60(65)82)56(78)67-41-26-25-40(32-44(41)85-11)58(80)71(9)38(7)59(81)89-48-33-52(77)72(10)43-30-39(31-45(86-12)53(43)64)29-36(5)21-19-23-47(87-13)63(84)34-46(88-61(83)70-63)37(6)55-62(48,8)90-55/h19,21,23,25-26,30-32,35,37-38,42,46-48,54-55,84H,14-18,20,22,24,27-29,33-34H2,1-13H3,(H,67,78)(H,68,79)(H,69,74)(H,70,83)(H3,65,66,82)/b23-19+,36-21+/t37-,38+,42+,46+,47-,48+,54+,55+,62+,63+/m1/s1. The summed E-state index contributed by atoms with van der Waals surface area (Å²) in [6, 6.07) is 3.22. The lowest BCUT2D eigenvalue weighted by molar-refractivity contribution is -0.158. The van der Waals surface area contributed by atoms with Crippen molar-refractivity contribution in [1.82, 2.24) is 31.1 Å². The number of halogens is 1. The number of hydrogen-bond acceptors (Lipinski definition) is 17. The number of aliphatic hydroxyl groups is 1. The van der Waals surface area contributed by atoms with E-state index in [1.165, 1.54) is 70.3 Å². The SMILES string of the molecule is CCC(=O)N(CCCCCC(=O)N[C@H](C(=O)N[C@@H](CCCNC(N)=O)C(=O)Nc1ccc(C(=O)N(C)[C@@H](C)C(=O)O[C@H]2CC(=O)N(C)c3cc(cc(OC)c3Cl)C/C(C)=C/C=C/[C@@H](OC)[C@@]3(O)C[C@H](OC(=O)N3)[C@@H](C)[C@@H]3O[C@@]23C)cc1OC)C(C)C)C(=O)CC. The van der Waals surface area contributed by atoms with E-state index in [9.17, 15) is 53.1 Å². The molecule has 2 aromatic rings. The van der Waals surface area contributed by atoms with Gasteiger partial charge in [0.15, 0.2) is 5.72 Å². The zero-order valence-corrected chi connectivity index (χ0v) is 54.5. The molecule has 0 radical (unpaired) electrons. The monoisotopic (exact) mass is 1280 g/mol. The van der Waals surface area contributed by atoms with Gasteiger partial charge < -0.3 is 70.3 Å². The maximum absolute atomic E-state index is 14.5. The first-order valence-electron chi connectivity index (χ1n) is 30.3. The lowest BCUT2D eigenvalue weighted by Gasteiger charge is -2.42. The van der Waals surface area contributed by atoms with Crippen LogP contribution < -0.4 is 46.7 Å². The Balaban J connectivity index is 1.34. The summed E-state index contributed by atoms with van der Waals surface area (Å²) in [6.45, 7) is 13.8. The third-order valence-corrected chi connectivity index (χ3v) is 16.9. The van der Waals surface area contributed by atoms with E-state index in [-0.39, 0.29) is 85.5 Å².